The van der Waals surface area contributed by atoms with E-state index in [9.17, 15) is 4.39 Å². The Hall–Kier alpha value is -0.350. The molecule has 1 unspecified atom stereocenters. The fraction of sp³-hybridized carbons (Fsp3) is 0.500. The molecule has 1 aliphatic rings. The normalized spacial score (nSPS) is 20.3. The molecule has 1 fully saturated rings. The van der Waals surface area contributed by atoms with Crippen LogP contribution in [-0.2, 0) is 6.54 Å². The molecule has 2 rings (SSSR count). The molecule has 0 bridgehead atoms. The minimum absolute atomic E-state index is 0. The van der Waals surface area contributed by atoms with Gasteiger partial charge in [-0.3, -0.25) is 4.90 Å². The molecule has 0 saturated carbocycles. The summed E-state index contributed by atoms with van der Waals surface area (Å²) in [6, 6.07) is 5.00. The second kappa shape index (κ2) is 6.55. The number of likely N-dealkylation sites (tertiary alicyclic amines) is 1. The van der Waals surface area contributed by atoms with Gasteiger partial charge in [0, 0.05) is 13.1 Å². The standard InChI is InChI=1S/C12H16ClFN2.ClH/c13-11-2-1-9(5-12(11)14)7-16-4-3-10(6-15)8-16;/h1-2,5,10H,3-4,6-8,15H2;1H. The van der Waals surface area contributed by atoms with Gasteiger partial charge < -0.3 is 5.73 Å². The highest BCUT2D eigenvalue weighted by Crippen LogP contribution is 2.20. The third-order valence-electron chi connectivity index (χ3n) is 3.09. The van der Waals surface area contributed by atoms with Crippen molar-refractivity contribution in [3.63, 3.8) is 0 Å². The third-order valence-corrected chi connectivity index (χ3v) is 3.40. The van der Waals surface area contributed by atoms with Gasteiger partial charge in [-0.25, -0.2) is 4.39 Å². The fourth-order valence-corrected chi connectivity index (χ4v) is 2.26. The molecular formula is C12H17Cl2FN2. The molecule has 1 aromatic rings. The summed E-state index contributed by atoms with van der Waals surface area (Å²) in [6.07, 6.45) is 1.15. The first kappa shape index (κ1) is 14.7. The number of hydrogen-bond donors (Lipinski definition) is 1. The maximum atomic E-state index is 13.2. The van der Waals surface area contributed by atoms with Crippen molar-refractivity contribution in [1.29, 1.82) is 0 Å². The molecule has 1 aliphatic heterocycles. The summed E-state index contributed by atoms with van der Waals surface area (Å²) in [7, 11) is 0. The van der Waals surface area contributed by atoms with Crippen LogP contribution >= 0.6 is 24.0 Å². The van der Waals surface area contributed by atoms with E-state index in [4.69, 9.17) is 17.3 Å². The van der Waals surface area contributed by atoms with Crippen molar-refractivity contribution in [1.82, 2.24) is 4.90 Å². The van der Waals surface area contributed by atoms with Crippen molar-refractivity contribution in [2.45, 2.75) is 13.0 Å². The van der Waals surface area contributed by atoms with Gasteiger partial charge in [0.15, 0.2) is 0 Å². The molecule has 0 radical (unpaired) electrons. The first-order valence-corrected chi connectivity index (χ1v) is 5.93. The van der Waals surface area contributed by atoms with E-state index in [1.54, 1.807) is 6.07 Å². The molecule has 1 atom stereocenters. The fourth-order valence-electron chi connectivity index (χ4n) is 2.15. The van der Waals surface area contributed by atoms with E-state index in [1.165, 1.54) is 6.07 Å². The molecule has 0 aromatic heterocycles. The predicted octanol–water partition coefficient (Wildman–Crippen LogP) is 2.68. The van der Waals surface area contributed by atoms with Gasteiger partial charge in [0.1, 0.15) is 5.82 Å². The Bertz CT molecular complexity index is 374. The molecule has 96 valence electrons. The Morgan fingerprint density at radius 2 is 2.24 bits per heavy atom. The average molecular weight is 279 g/mol. The number of nitrogens with two attached hydrogens (primary N) is 1. The zero-order valence-electron chi connectivity index (χ0n) is 9.53. The van der Waals surface area contributed by atoms with E-state index in [0.717, 1.165) is 38.2 Å². The van der Waals surface area contributed by atoms with E-state index in [1.807, 2.05) is 6.07 Å². The third kappa shape index (κ3) is 3.81. The van der Waals surface area contributed by atoms with Crippen LogP contribution in [0.4, 0.5) is 4.39 Å². The van der Waals surface area contributed by atoms with Crippen molar-refractivity contribution in [2.75, 3.05) is 19.6 Å². The molecule has 1 aromatic carbocycles. The van der Waals surface area contributed by atoms with E-state index in [-0.39, 0.29) is 23.2 Å². The topological polar surface area (TPSA) is 29.3 Å². The van der Waals surface area contributed by atoms with Crippen molar-refractivity contribution in [3.05, 3.63) is 34.6 Å². The van der Waals surface area contributed by atoms with Crippen LogP contribution in [0.3, 0.4) is 0 Å². The number of nitrogens with zero attached hydrogens (tertiary/aromatic N) is 1. The van der Waals surface area contributed by atoms with Gasteiger partial charge in [-0.2, -0.15) is 0 Å². The van der Waals surface area contributed by atoms with Gasteiger partial charge in [0.05, 0.1) is 5.02 Å². The van der Waals surface area contributed by atoms with E-state index in [0.29, 0.717) is 5.92 Å². The molecule has 2 N–H and O–H groups in total. The molecule has 0 aliphatic carbocycles. The smallest absolute Gasteiger partial charge is 0.142 e. The minimum Gasteiger partial charge on any atom is -0.330 e. The Morgan fingerprint density at radius 1 is 1.47 bits per heavy atom. The maximum absolute atomic E-state index is 13.2. The van der Waals surface area contributed by atoms with Gasteiger partial charge in [-0.05, 0) is 43.1 Å². The van der Waals surface area contributed by atoms with Gasteiger partial charge >= 0.3 is 0 Å². The van der Waals surface area contributed by atoms with Crippen molar-refractivity contribution >= 4 is 24.0 Å². The van der Waals surface area contributed by atoms with Crippen LogP contribution in [-0.4, -0.2) is 24.5 Å². The Morgan fingerprint density at radius 3 is 2.82 bits per heavy atom. The Kier molecular flexibility index (Phi) is 5.67. The first-order valence-electron chi connectivity index (χ1n) is 5.55. The van der Waals surface area contributed by atoms with Crippen molar-refractivity contribution in [3.8, 4) is 0 Å². The lowest BCUT2D eigenvalue weighted by Gasteiger charge is -2.15. The largest absolute Gasteiger partial charge is 0.330 e. The summed E-state index contributed by atoms with van der Waals surface area (Å²) in [5, 5.41) is 0.185. The highest BCUT2D eigenvalue weighted by molar-refractivity contribution is 6.30. The van der Waals surface area contributed by atoms with Crippen molar-refractivity contribution < 1.29 is 4.39 Å². The van der Waals surface area contributed by atoms with E-state index >= 15 is 0 Å². The van der Waals surface area contributed by atoms with Gasteiger partial charge in [-0.1, -0.05) is 17.7 Å². The monoisotopic (exact) mass is 278 g/mol. The summed E-state index contributed by atoms with van der Waals surface area (Å²) >= 11 is 5.64. The first-order chi connectivity index (χ1) is 7.69. The van der Waals surface area contributed by atoms with Crippen LogP contribution in [0.15, 0.2) is 18.2 Å². The van der Waals surface area contributed by atoms with Gasteiger partial charge in [0.25, 0.3) is 0 Å². The summed E-state index contributed by atoms with van der Waals surface area (Å²) in [6.45, 7) is 3.59. The molecule has 1 heterocycles. The zero-order valence-corrected chi connectivity index (χ0v) is 11.1. The summed E-state index contributed by atoms with van der Waals surface area (Å²) in [5.41, 5.74) is 6.60. The number of halogens is 3. The molecule has 2 nitrogen and oxygen atoms in total. The van der Waals surface area contributed by atoms with Crippen LogP contribution in [0.1, 0.15) is 12.0 Å². The minimum atomic E-state index is -0.339. The summed E-state index contributed by atoms with van der Waals surface area (Å²) in [4.78, 5) is 2.31. The van der Waals surface area contributed by atoms with E-state index in [2.05, 4.69) is 4.90 Å². The lowest BCUT2D eigenvalue weighted by Crippen LogP contribution is -2.22. The lowest BCUT2D eigenvalue weighted by atomic mass is 10.1. The van der Waals surface area contributed by atoms with Gasteiger partial charge in [0.2, 0.25) is 0 Å². The second-order valence-corrected chi connectivity index (χ2v) is 4.78. The Labute approximate surface area is 112 Å². The maximum Gasteiger partial charge on any atom is 0.142 e. The number of benzene rings is 1. The summed E-state index contributed by atoms with van der Waals surface area (Å²) in [5.74, 6) is 0.255. The highest BCUT2D eigenvalue weighted by Gasteiger charge is 2.21. The highest BCUT2D eigenvalue weighted by atomic mass is 35.5. The number of rotatable bonds is 3. The predicted molar refractivity (Wildman–Crippen MR) is 71.1 cm³/mol. The van der Waals surface area contributed by atoms with Crippen LogP contribution in [0, 0.1) is 11.7 Å². The SMILES string of the molecule is Cl.NCC1CCN(Cc2ccc(Cl)c(F)c2)C1. The van der Waals surface area contributed by atoms with Crippen molar-refractivity contribution in [2.24, 2.45) is 11.7 Å². The molecular weight excluding hydrogens is 262 g/mol. The van der Waals surface area contributed by atoms with Crippen LogP contribution < -0.4 is 5.73 Å². The zero-order chi connectivity index (χ0) is 11.5. The lowest BCUT2D eigenvalue weighted by molar-refractivity contribution is 0.317. The number of hydrogen-bond acceptors (Lipinski definition) is 2. The molecule has 0 spiro atoms. The van der Waals surface area contributed by atoms with Crippen LogP contribution in [0.2, 0.25) is 5.02 Å². The van der Waals surface area contributed by atoms with Crippen LogP contribution in [0.25, 0.3) is 0 Å². The molecule has 1 saturated heterocycles. The quantitative estimate of drug-likeness (QED) is 0.921. The molecule has 5 heteroatoms. The van der Waals surface area contributed by atoms with E-state index < -0.39 is 0 Å². The van der Waals surface area contributed by atoms with Crippen LogP contribution in [0.5, 0.6) is 0 Å². The summed E-state index contributed by atoms with van der Waals surface area (Å²) < 4.78 is 13.2. The average Bonchev–Trinajstić information content (AvgIpc) is 2.71. The Balaban J connectivity index is 0.00000144. The van der Waals surface area contributed by atoms with Gasteiger partial charge in [-0.15, -0.1) is 12.4 Å². The molecule has 0 amide bonds. The second-order valence-electron chi connectivity index (χ2n) is 4.37. The molecule has 17 heavy (non-hydrogen) atoms.